The first kappa shape index (κ1) is 13.6. The number of aliphatic carboxylic acids is 1. The van der Waals surface area contributed by atoms with E-state index in [9.17, 15) is 14.4 Å². The quantitative estimate of drug-likeness (QED) is 0.889. The second-order valence-electron chi connectivity index (χ2n) is 4.20. The van der Waals surface area contributed by atoms with Crippen molar-refractivity contribution in [2.75, 3.05) is 6.54 Å². The van der Waals surface area contributed by atoms with Crippen LogP contribution in [0.3, 0.4) is 0 Å². The molecular formula is C13H13NO4S. The van der Waals surface area contributed by atoms with Crippen molar-refractivity contribution >= 4 is 28.9 Å². The van der Waals surface area contributed by atoms with Crippen molar-refractivity contribution in [2.24, 2.45) is 0 Å². The second-order valence-corrected chi connectivity index (χ2v) is 5.35. The molecule has 1 fully saturated rings. The summed E-state index contributed by atoms with van der Waals surface area (Å²) in [5.74, 6) is -1.46. The molecule has 5 nitrogen and oxygen atoms in total. The zero-order valence-electron chi connectivity index (χ0n) is 10.1. The molecule has 1 atom stereocenters. The number of hydrogen-bond donors (Lipinski definition) is 1. The third-order valence-electron chi connectivity index (χ3n) is 2.83. The van der Waals surface area contributed by atoms with Gasteiger partial charge in [-0.05, 0) is 12.0 Å². The Morgan fingerprint density at radius 3 is 2.58 bits per heavy atom. The van der Waals surface area contributed by atoms with Crippen molar-refractivity contribution in [3.8, 4) is 0 Å². The van der Waals surface area contributed by atoms with E-state index < -0.39 is 17.1 Å². The van der Waals surface area contributed by atoms with E-state index >= 15 is 0 Å². The first-order chi connectivity index (χ1) is 9.08. The molecule has 19 heavy (non-hydrogen) atoms. The summed E-state index contributed by atoms with van der Waals surface area (Å²) in [6.07, 6.45) is 0.274. The van der Waals surface area contributed by atoms with E-state index in [-0.39, 0.29) is 11.7 Å². The molecule has 1 aliphatic rings. The van der Waals surface area contributed by atoms with Crippen molar-refractivity contribution < 1.29 is 19.5 Å². The molecule has 0 saturated carbocycles. The van der Waals surface area contributed by atoms with Crippen LogP contribution in [0.1, 0.15) is 12.0 Å². The van der Waals surface area contributed by atoms with Gasteiger partial charge in [0.15, 0.2) is 0 Å². The number of carbonyl (C=O) groups excluding carboxylic acids is 2. The highest BCUT2D eigenvalue weighted by atomic mass is 32.2. The minimum atomic E-state index is -1.07. The number of carboxylic acids is 1. The molecule has 0 bridgehead atoms. The Labute approximate surface area is 114 Å². The smallest absolute Gasteiger partial charge is 0.305 e. The van der Waals surface area contributed by atoms with Crippen LogP contribution in [0.15, 0.2) is 30.3 Å². The van der Waals surface area contributed by atoms with Crippen LogP contribution >= 0.6 is 11.8 Å². The van der Waals surface area contributed by atoms with Crippen LogP contribution in [0.4, 0.5) is 4.79 Å². The molecule has 1 heterocycles. The fourth-order valence-electron chi connectivity index (χ4n) is 1.87. The minimum absolute atomic E-state index is 0.296. The summed E-state index contributed by atoms with van der Waals surface area (Å²) in [6, 6.07) is 9.53. The number of carbonyl (C=O) groups is 3. The Bertz CT molecular complexity index is 503. The van der Waals surface area contributed by atoms with E-state index in [0.717, 1.165) is 22.2 Å². The summed E-state index contributed by atoms with van der Waals surface area (Å²) in [6.45, 7) is 0.296. The summed E-state index contributed by atoms with van der Waals surface area (Å²) in [5, 5.41) is 7.55. The predicted octanol–water partition coefficient (Wildman–Crippen LogP) is 1.77. The van der Waals surface area contributed by atoms with E-state index in [1.807, 2.05) is 30.3 Å². The molecule has 100 valence electrons. The fraction of sp³-hybridized carbons (Fsp3) is 0.308. The maximum atomic E-state index is 11.9. The molecule has 1 saturated heterocycles. The molecule has 0 aromatic heterocycles. The third-order valence-corrected chi connectivity index (χ3v) is 3.91. The van der Waals surface area contributed by atoms with Gasteiger partial charge >= 0.3 is 5.97 Å². The number of hydrogen-bond acceptors (Lipinski definition) is 4. The molecule has 0 spiro atoms. The Morgan fingerprint density at radius 1 is 1.26 bits per heavy atom. The van der Waals surface area contributed by atoms with Gasteiger partial charge in [0.25, 0.3) is 5.24 Å². The minimum Gasteiger partial charge on any atom is -0.481 e. The molecule has 6 heteroatoms. The maximum Gasteiger partial charge on any atom is 0.305 e. The topological polar surface area (TPSA) is 74.7 Å². The largest absolute Gasteiger partial charge is 0.481 e. The fourth-order valence-corrected chi connectivity index (χ4v) is 2.88. The lowest BCUT2D eigenvalue weighted by Gasteiger charge is -2.13. The molecule has 1 N–H and O–H groups in total. The molecule has 1 aromatic carbocycles. The Balaban J connectivity index is 1.95. The highest BCUT2D eigenvalue weighted by Gasteiger charge is 2.40. The predicted molar refractivity (Wildman–Crippen MR) is 70.9 cm³/mol. The molecule has 2 amide bonds. The summed E-state index contributed by atoms with van der Waals surface area (Å²) in [7, 11) is 0. The SMILES string of the molecule is O=C(O)C[C@H]1SC(=O)N(CCc2ccccc2)C1=O. The lowest BCUT2D eigenvalue weighted by Crippen LogP contribution is -2.33. The van der Waals surface area contributed by atoms with Gasteiger partial charge in [0.2, 0.25) is 5.91 Å². The zero-order chi connectivity index (χ0) is 13.8. The molecule has 2 rings (SSSR count). The number of amides is 2. The maximum absolute atomic E-state index is 11.9. The summed E-state index contributed by atoms with van der Waals surface area (Å²) in [5.41, 5.74) is 1.04. The van der Waals surface area contributed by atoms with Crippen molar-refractivity contribution in [1.82, 2.24) is 4.90 Å². The van der Waals surface area contributed by atoms with Crippen LogP contribution in [0, 0.1) is 0 Å². The second kappa shape index (κ2) is 5.88. The normalized spacial score (nSPS) is 18.9. The van der Waals surface area contributed by atoms with Gasteiger partial charge < -0.3 is 5.11 Å². The van der Waals surface area contributed by atoms with E-state index in [1.54, 1.807) is 0 Å². The summed E-state index contributed by atoms with van der Waals surface area (Å²) in [4.78, 5) is 35.3. The Morgan fingerprint density at radius 2 is 1.95 bits per heavy atom. The van der Waals surface area contributed by atoms with Crippen LogP contribution in [0.2, 0.25) is 0 Å². The van der Waals surface area contributed by atoms with Gasteiger partial charge in [0.1, 0.15) is 5.25 Å². The van der Waals surface area contributed by atoms with E-state index in [0.29, 0.717) is 13.0 Å². The highest BCUT2D eigenvalue weighted by Crippen LogP contribution is 2.29. The van der Waals surface area contributed by atoms with Crippen molar-refractivity contribution in [3.63, 3.8) is 0 Å². The monoisotopic (exact) mass is 279 g/mol. The molecular weight excluding hydrogens is 266 g/mol. The number of imide groups is 1. The standard InChI is InChI=1S/C13H13NO4S/c15-11(16)8-10-12(17)14(13(18)19-10)7-6-9-4-2-1-3-5-9/h1-5,10H,6-8H2,(H,15,16)/t10-/m1/s1. The van der Waals surface area contributed by atoms with Crippen molar-refractivity contribution in [1.29, 1.82) is 0 Å². The Hall–Kier alpha value is -1.82. The van der Waals surface area contributed by atoms with Gasteiger partial charge in [-0.15, -0.1) is 0 Å². The summed E-state index contributed by atoms with van der Waals surface area (Å²) < 4.78 is 0. The van der Waals surface area contributed by atoms with Gasteiger partial charge in [-0.1, -0.05) is 42.1 Å². The van der Waals surface area contributed by atoms with Crippen LogP contribution in [0.25, 0.3) is 0 Å². The molecule has 0 unspecified atom stereocenters. The van der Waals surface area contributed by atoms with Gasteiger partial charge in [-0.2, -0.15) is 0 Å². The third kappa shape index (κ3) is 3.35. The average molecular weight is 279 g/mol. The number of carboxylic acid groups (broad SMARTS) is 1. The van der Waals surface area contributed by atoms with Crippen LogP contribution < -0.4 is 0 Å². The Kier molecular flexibility index (Phi) is 4.21. The van der Waals surface area contributed by atoms with E-state index in [2.05, 4.69) is 0 Å². The molecule has 1 aliphatic heterocycles. The average Bonchev–Trinajstić information content (AvgIpc) is 2.63. The highest BCUT2D eigenvalue weighted by molar-refractivity contribution is 8.15. The van der Waals surface area contributed by atoms with Crippen LogP contribution in [0.5, 0.6) is 0 Å². The number of nitrogens with zero attached hydrogens (tertiary/aromatic N) is 1. The van der Waals surface area contributed by atoms with Gasteiger partial charge in [-0.3, -0.25) is 19.3 Å². The van der Waals surface area contributed by atoms with Crippen molar-refractivity contribution in [3.05, 3.63) is 35.9 Å². The lowest BCUT2D eigenvalue weighted by atomic mass is 10.1. The molecule has 1 aromatic rings. The van der Waals surface area contributed by atoms with Crippen LogP contribution in [-0.2, 0) is 16.0 Å². The number of rotatable bonds is 5. The zero-order valence-corrected chi connectivity index (χ0v) is 10.9. The lowest BCUT2D eigenvalue weighted by molar-refractivity contribution is -0.139. The van der Waals surface area contributed by atoms with Gasteiger partial charge in [0.05, 0.1) is 6.42 Å². The van der Waals surface area contributed by atoms with Gasteiger partial charge in [0, 0.05) is 6.54 Å². The number of thioether (sulfide) groups is 1. The van der Waals surface area contributed by atoms with E-state index in [1.165, 1.54) is 0 Å². The first-order valence-corrected chi connectivity index (χ1v) is 6.73. The first-order valence-electron chi connectivity index (χ1n) is 5.85. The van der Waals surface area contributed by atoms with Gasteiger partial charge in [-0.25, -0.2) is 0 Å². The molecule has 0 radical (unpaired) electrons. The molecule has 0 aliphatic carbocycles. The number of benzene rings is 1. The summed E-state index contributed by atoms with van der Waals surface area (Å²) >= 11 is 0.802. The van der Waals surface area contributed by atoms with Crippen molar-refractivity contribution in [2.45, 2.75) is 18.1 Å². The van der Waals surface area contributed by atoms with Crippen LogP contribution in [-0.4, -0.2) is 38.9 Å². The van der Waals surface area contributed by atoms with E-state index in [4.69, 9.17) is 5.11 Å².